The van der Waals surface area contributed by atoms with E-state index in [0.29, 0.717) is 17.1 Å². The summed E-state index contributed by atoms with van der Waals surface area (Å²) in [5.41, 5.74) is 4.34. The van der Waals surface area contributed by atoms with Crippen molar-refractivity contribution in [3.63, 3.8) is 0 Å². The average Bonchev–Trinajstić information content (AvgIpc) is 3.39. The van der Waals surface area contributed by atoms with Crippen molar-refractivity contribution >= 4 is 11.9 Å². The fraction of sp³-hybridized carbons (Fsp3) is 0.381. The molecule has 2 atom stereocenters. The minimum absolute atomic E-state index is 0.0500. The number of fused-ring (bicyclic) bond motifs is 1. The van der Waals surface area contributed by atoms with E-state index in [1.807, 2.05) is 25.1 Å². The van der Waals surface area contributed by atoms with E-state index in [9.17, 15) is 9.59 Å². The van der Waals surface area contributed by atoms with Crippen LogP contribution in [0.1, 0.15) is 65.5 Å². The van der Waals surface area contributed by atoms with Gasteiger partial charge in [-0.3, -0.25) is 14.3 Å². The molecule has 9 nitrogen and oxygen atoms in total. The number of ether oxygens (including phenoxy) is 1. The quantitative estimate of drug-likeness (QED) is 0.645. The van der Waals surface area contributed by atoms with E-state index in [1.54, 1.807) is 24.9 Å². The van der Waals surface area contributed by atoms with Crippen molar-refractivity contribution in [1.82, 2.24) is 25.2 Å². The lowest BCUT2D eigenvalue weighted by Crippen LogP contribution is -2.27. The summed E-state index contributed by atoms with van der Waals surface area (Å²) in [6.45, 7) is 4.84. The monoisotopic (exact) mass is 409 g/mol. The molecule has 0 saturated heterocycles. The maximum Gasteiger partial charge on any atom is 0.303 e. The van der Waals surface area contributed by atoms with Crippen LogP contribution in [0, 0.1) is 6.92 Å². The molecular weight excluding hydrogens is 386 g/mol. The second-order valence-electron chi connectivity index (χ2n) is 7.49. The first-order valence-corrected chi connectivity index (χ1v) is 9.77. The van der Waals surface area contributed by atoms with Crippen molar-refractivity contribution in [2.24, 2.45) is 7.05 Å². The van der Waals surface area contributed by atoms with E-state index in [0.717, 1.165) is 29.5 Å². The van der Waals surface area contributed by atoms with Crippen LogP contribution in [0.3, 0.4) is 0 Å². The zero-order valence-electron chi connectivity index (χ0n) is 17.3. The van der Waals surface area contributed by atoms with Gasteiger partial charge >= 0.3 is 5.97 Å². The lowest BCUT2D eigenvalue weighted by atomic mass is 10.0. The SMILES string of the molecule is CC(=O)OC(C)c1nc(-c2ccc3c(c2)CCC3NC(=O)c2cn(C)nc2C)no1. The number of esters is 1. The molecule has 0 fully saturated rings. The van der Waals surface area contributed by atoms with E-state index in [-0.39, 0.29) is 17.8 Å². The zero-order valence-corrected chi connectivity index (χ0v) is 17.3. The fourth-order valence-corrected chi connectivity index (χ4v) is 3.78. The normalized spacial score (nSPS) is 16.2. The lowest BCUT2D eigenvalue weighted by Gasteiger charge is -2.14. The third-order valence-electron chi connectivity index (χ3n) is 5.17. The predicted molar refractivity (Wildman–Crippen MR) is 106 cm³/mol. The van der Waals surface area contributed by atoms with Gasteiger partial charge < -0.3 is 14.6 Å². The largest absolute Gasteiger partial charge is 0.453 e. The number of carbonyl (C=O) groups is 2. The summed E-state index contributed by atoms with van der Waals surface area (Å²) in [4.78, 5) is 28.1. The van der Waals surface area contributed by atoms with Crippen molar-refractivity contribution in [2.75, 3.05) is 0 Å². The molecule has 0 radical (unpaired) electrons. The Kier molecular flexibility index (Phi) is 5.11. The smallest absolute Gasteiger partial charge is 0.303 e. The number of aryl methyl sites for hydroxylation is 3. The maximum absolute atomic E-state index is 12.6. The van der Waals surface area contributed by atoms with E-state index in [4.69, 9.17) is 9.26 Å². The lowest BCUT2D eigenvalue weighted by molar-refractivity contribution is -0.147. The second kappa shape index (κ2) is 7.74. The molecule has 3 aromatic rings. The van der Waals surface area contributed by atoms with Crippen molar-refractivity contribution in [2.45, 2.75) is 45.8 Å². The van der Waals surface area contributed by atoms with Gasteiger partial charge in [-0.2, -0.15) is 10.1 Å². The minimum Gasteiger partial charge on any atom is -0.453 e. The van der Waals surface area contributed by atoms with Gasteiger partial charge in [-0.1, -0.05) is 17.3 Å². The summed E-state index contributed by atoms with van der Waals surface area (Å²) >= 11 is 0. The molecule has 30 heavy (non-hydrogen) atoms. The number of aromatic nitrogens is 4. The summed E-state index contributed by atoms with van der Waals surface area (Å²) < 4.78 is 11.9. The molecule has 0 bridgehead atoms. The van der Waals surface area contributed by atoms with Gasteiger partial charge in [-0.15, -0.1) is 0 Å². The van der Waals surface area contributed by atoms with Gasteiger partial charge in [0.1, 0.15) is 0 Å². The number of nitrogens with one attached hydrogen (secondary N) is 1. The molecule has 2 heterocycles. The van der Waals surface area contributed by atoms with Crippen molar-refractivity contribution in [3.8, 4) is 11.4 Å². The third-order valence-corrected chi connectivity index (χ3v) is 5.17. The van der Waals surface area contributed by atoms with Crippen LogP contribution in [0.25, 0.3) is 11.4 Å². The molecule has 1 aromatic carbocycles. The highest BCUT2D eigenvalue weighted by molar-refractivity contribution is 5.95. The Balaban J connectivity index is 1.50. The van der Waals surface area contributed by atoms with Gasteiger partial charge in [0, 0.05) is 25.7 Å². The molecule has 9 heteroatoms. The van der Waals surface area contributed by atoms with Crippen LogP contribution in [-0.4, -0.2) is 31.8 Å². The molecule has 0 spiro atoms. The first-order chi connectivity index (χ1) is 14.3. The molecule has 2 unspecified atom stereocenters. The molecule has 0 saturated carbocycles. The first kappa shape index (κ1) is 19.8. The first-order valence-electron chi connectivity index (χ1n) is 9.77. The Hall–Kier alpha value is -3.49. The number of amides is 1. The van der Waals surface area contributed by atoms with Crippen LogP contribution in [0.2, 0.25) is 0 Å². The van der Waals surface area contributed by atoms with E-state index in [2.05, 4.69) is 20.6 Å². The number of carbonyl (C=O) groups excluding carboxylic acids is 2. The van der Waals surface area contributed by atoms with Crippen LogP contribution in [0.5, 0.6) is 0 Å². The minimum atomic E-state index is -0.603. The van der Waals surface area contributed by atoms with E-state index in [1.165, 1.54) is 6.92 Å². The Bertz CT molecular complexity index is 1120. The Labute approximate surface area is 173 Å². The summed E-state index contributed by atoms with van der Waals surface area (Å²) in [6, 6.07) is 5.86. The van der Waals surface area contributed by atoms with E-state index >= 15 is 0 Å². The third kappa shape index (κ3) is 3.83. The molecular formula is C21H23N5O4. The topological polar surface area (TPSA) is 112 Å². The van der Waals surface area contributed by atoms with Crippen LogP contribution >= 0.6 is 0 Å². The second-order valence-corrected chi connectivity index (χ2v) is 7.49. The highest BCUT2D eigenvalue weighted by Gasteiger charge is 2.26. The van der Waals surface area contributed by atoms with Crippen LogP contribution < -0.4 is 5.32 Å². The molecule has 156 valence electrons. The molecule has 0 aliphatic heterocycles. The van der Waals surface area contributed by atoms with Gasteiger partial charge in [0.15, 0.2) is 6.10 Å². The molecule has 1 aliphatic rings. The predicted octanol–water partition coefficient (Wildman–Crippen LogP) is 2.82. The van der Waals surface area contributed by atoms with Crippen molar-refractivity contribution in [3.05, 3.63) is 52.7 Å². The average molecular weight is 409 g/mol. The summed E-state index contributed by atoms with van der Waals surface area (Å²) in [7, 11) is 1.80. The van der Waals surface area contributed by atoms with Crippen LogP contribution in [0.4, 0.5) is 0 Å². The number of hydrogen-bond acceptors (Lipinski definition) is 7. The molecule has 1 aliphatic carbocycles. The standard InChI is InChI=1S/C21H23N5O4/c1-11-17(10-26(4)24-11)20(28)22-18-8-6-14-9-15(5-7-16(14)18)19-23-21(30-25-19)12(2)29-13(3)27/h5,7,9-10,12,18H,6,8H2,1-4H3,(H,22,28). The highest BCUT2D eigenvalue weighted by Crippen LogP contribution is 2.34. The zero-order chi connectivity index (χ0) is 21.4. The molecule has 4 rings (SSSR count). The van der Waals surface area contributed by atoms with E-state index < -0.39 is 12.1 Å². The van der Waals surface area contributed by atoms with Gasteiger partial charge in [0.05, 0.1) is 17.3 Å². The van der Waals surface area contributed by atoms with Crippen molar-refractivity contribution < 1.29 is 18.8 Å². The number of rotatable bonds is 5. The van der Waals surface area contributed by atoms with Gasteiger partial charge in [-0.25, -0.2) is 0 Å². The molecule has 1 N–H and O–H groups in total. The summed E-state index contributed by atoms with van der Waals surface area (Å²) in [5, 5.41) is 11.3. The Morgan fingerprint density at radius 1 is 1.37 bits per heavy atom. The number of hydrogen-bond donors (Lipinski definition) is 1. The summed E-state index contributed by atoms with van der Waals surface area (Å²) in [6.07, 6.45) is 2.79. The number of nitrogens with zero attached hydrogens (tertiary/aromatic N) is 4. The molecule has 1 amide bonds. The fourth-order valence-electron chi connectivity index (χ4n) is 3.78. The van der Waals surface area contributed by atoms with Gasteiger partial charge in [0.2, 0.25) is 5.82 Å². The maximum atomic E-state index is 12.6. The summed E-state index contributed by atoms with van der Waals surface area (Å²) in [5.74, 6) is 0.155. The van der Waals surface area contributed by atoms with Gasteiger partial charge in [0.25, 0.3) is 11.8 Å². The van der Waals surface area contributed by atoms with Crippen LogP contribution in [-0.2, 0) is 23.0 Å². The van der Waals surface area contributed by atoms with Crippen molar-refractivity contribution in [1.29, 1.82) is 0 Å². The Morgan fingerprint density at radius 2 is 2.17 bits per heavy atom. The van der Waals surface area contributed by atoms with Crippen LogP contribution in [0.15, 0.2) is 28.9 Å². The molecule has 2 aromatic heterocycles. The Morgan fingerprint density at radius 3 is 2.87 bits per heavy atom. The number of benzene rings is 1. The highest BCUT2D eigenvalue weighted by atomic mass is 16.6. The van der Waals surface area contributed by atoms with Gasteiger partial charge in [-0.05, 0) is 43.9 Å².